The Bertz CT molecular complexity index is 379. The van der Waals surface area contributed by atoms with Gasteiger partial charge in [-0.1, -0.05) is 28.1 Å². The smallest absolute Gasteiger partial charge is 0.257 e. The van der Waals surface area contributed by atoms with Crippen molar-refractivity contribution in [3.63, 3.8) is 0 Å². The highest BCUT2D eigenvalue weighted by Crippen LogP contribution is 2.22. The van der Waals surface area contributed by atoms with Gasteiger partial charge in [0.2, 0.25) is 0 Å². The number of hydrogen-bond acceptors (Lipinski definition) is 2. The average Bonchev–Trinajstić information content (AvgIpc) is 2.47. The minimum atomic E-state index is 0.0778. The number of carbonyl (C=O) groups is 1. The fraction of sp³-hybridized carbons (Fsp3) is 0.417. The molecule has 0 saturated heterocycles. The molecule has 3 nitrogen and oxygen atoms in total. The van der Waals surface area contributed by atoms with Gasteiger partial charge in [-0.05, 0) is 18.6 Å². The molecule has 0 saturated carbocycles. The van der Waals surface area contributed by atoms with E-state index in [-0.39, 0.29) is 5.91 Å². The van der Waals surface area contributed by atoms with E-state index in [1.54, 1.807) is 0 Å². The molecule has 0 fully saturated rings. The number of nitrogens with zero attached hydrogens (tertiary/aromatic N) is 1. The molecular formula is C12H14BrNO2. The Hall–Kier alpha value is -1.03. The highest BCUT2D eigenvalue weighted by molar-refractivity contribution is 9.09. The maximum absolute atomic E-state index is 12.2. The summed E-state index contributed by atoms with van der Waals surface area (Å²) in [5.41, 5.74) is 0.676. The summed E-state index contributed by atoms with van der Waals surface area (Å²) in [6.07, 6.45) is 0.966. The van der Waals surface area contributed by atoms with E-state index in [1.165, 1.54) is 0 Å². The minimum absolute atomic E-state index is 0.0778. The first kappa shape index (κ1) is 11.5. The third-order valence-corrected chi connectivity index (χ3v) is 3.15. The second kappa shape index (κ2) is 5.34. The summed E-state index contributed by atoms with van der Waals surface area (Å²) in [6, 6.07) is 7.43. The number of hydrogen-bond donors (Lipinski definition) is 0. The Morgan fingerprint density at radius 2 is 2.19 bits per heavy atom. The lowest BCUT2D eigenvalue weighted by Gasteiger charge is -2.19. The topological polar surface area (TPSA) is 29.5 Å². The summed E-state index contributed by atoms with van der Waals surface area (Å²) in [5, 5.41) is 0.916. The second-order valence-electron chi connectivity index (χ2n) is 3.68. The third kappa shape index (κ3) is 2.38. The molecule has 1 heterocycles. The van der Waals surface area contributed by atoms with Gasteiger partial charge in [0.05, 0.1) is 12.1 Å². The molecule has 0 atom stereocenters. The lowest BCUT2D eigenvalue weighted by atomic mass is 10.2. The van der Waals surface area contributed by atoms with Crippen LogP contribution in [0.4, 0.5) is 0 Å². The molecule has 1 aliphatic heterocycles. The predicted molar refractivity (Wildman–Crippen MR) is 66.3 cm³/mol. The number of amides is 1. The van der Waals surface area contributed by atoms with Crippen LogP contribution >= 0.6 is 15.9 Å². The standard InChI is InChI=1S/C12H14BrNO2/c13-6-3-7-14-8-9-16-11-5-2-1-4-10(11)12(14)15/h1-2,4-5H,3,6-9H2. The molecule has 1 aromatic rings. The van der Waals surface area contributed by atoms with E-state index < -0.39 is 0 Å². The van der Waals surface area contributed by atoms with Crippen molar-refractivity contribution < 1.29 is 9.53 Å². The monoisotopic (exact) mass is 283 g/mol. The molecule has 16 heavy (non-hydrogen) atoms. The highest BCUT2D eigenvalue weighted by Gasteiger charge is 2.22. The van der Waals surface area contributed by atoms with Crippen LogP contribution in [0.25, 0.3) is 0 Å². The number of carbonyl (C=O) groups excluding carboxylic acids is 1. The van der Waals surface area contributed by atoms with Crippen LogP contribution in [0, 0.1) is 0 Å². The van der Waals surface area contributed by atoms with Gasteiger partial charge < -0.3 is 9.64 Å². The lowest BCUT2D eigenvalue weighted by Crippen LogP contribution is -2.33. The van der Waals surface area contributed by atoms with Crippen molar-refractivity contribution in [1.82, 2.24) is 4.90 Å². The van der Waals surface area contributed by atoms with Crippen LogP contribution in [-0.2, 0) is 0 Å². The van der Waals surface area contributed by atoms with E-state index in [2.05, 4.69) is 15.9 Å². The first-order valence-corrected chi connectivity index (χ1v) is 6.52. The molecule has 86 valence electrons. The van der Waals surface area contributed by atoms with E-state index in [0.717, 1.165) is 18.3 Å². The van der Waals surface area contributed by atoms with Crippen molar-refractivity contribution >= 4 is 21.8 Å². The summed E-state index contributed by atoms with van der Waals surface area (Å²) in [7, 11) is 0. The van der Waals surface area contributed by atoms with E-state index in [1.807, 2.05) is 29.2 Å². The van der Waals surface area contributed by atoms with E-state index in [9.17, 15) is 4.79 Å². The zero-order valence-electron chi connectivity index (χ0n) is 8.99. The van der Waals surface area contributed by atoms with Crippen LogP contribution in [0.15, 0.2) is 24.3 Å². The van der Waals surface area contributed by atoms with Crippen molar-refractivity contribution in [2.24, 2.45) is 0 Å². The number of alkyl halides is 1. The number of ether oxygens (including phenoxy) is 1. The Balaban J connectivity index is 2.20. The number of halogens is 1. The molecule has 0 N–H and O–H groups in total. The fourth-order valence-corrected chi connectivity index (χ4v) is 2.02. The molecule has 1 aliphatic rings. The predicted octanol–water partition coefficient (Wildman–Crippen LogP) is 2.31. The maximum atomic E-state index is 12.2. The van der Waals surface area contributed by atoms with Gasteiger partial charge in [-0.3, -0.25) is 4.79 Å². The minimum Gasteiger partial charge on any atom is -0.491 e. The van der Waals surface area contributed by atoms with E-state index in [4.69, 9.17) is 4.74 Å². The number of rotatable bonds is 3. The maximum Gasteiger partial charge on any atom is 0.257 e. The molecule has 1 aromatic carbocycles. The lowest BCUT2D eigenvalue weighted by molar-refractivity contribution is 0.0756. The van der Waals surface area contributed by atoms with Gasteiger partial charge in [0.15, 0.2) is 0 Å². The van der Waals surface area contributed by atoms with Crippen molar-refractivity contribution in [1.29, 1.82) is 0 Å². The van der Waals surface area contributed by atoms with E-state index in [0.29, 0.717) is 24.5 Å². The van der Waals surface area contributed by atoms with Crippen LogP contribution in [0.3, 0.4) is 0 Å². The van der Waals surface area contributed by atoms with Gasteiger partial charge in [0.25, 0.3) is 5.91 Å². The Kier molecular flexibility index (Phi) is 3.83. The van der Waals surface area contributed by atoms with Crippen LogP contribution < -0.4 is 4.74 Å². The highest BCUT2D eigenvalue weighted by atomic mass is 79.9. The average molecular weight is 284 g/mol. The summed E-state index contributed by atoms with van der Waals surface area (Å²) in [6.45, 7) is 2.02. The van der Waals surface area contributed by atoms with Crippen molar-refractivity contribution in [2.75, 3.05) is 25.0 Å². The van der Waals surface area contributed by atoms with Crippen molar-refractivity contribution in [3.8, 4) is 5.75 Å². The number of benzene rings is 1. The summed E-state index contributed by atoms with van der Waals surface area (Å²) in [5.74, 6) is 0.780. The van der Waals surface area contributed by atoms with Crippen molar-refractivity contribution in [2.45, 2.75) is 6.42 Å². The molecular weight excluding hydrogens is 270 g/mol. The SMILES string of the molecule is O=C1c2ccccc2OCCN1CCCBr. The Morgan fingerprint density at radius 3 is 3.00 bits per heavy atom. The van der Waals surface area contributed by atoms with Crippen LogP contribution in [0.1, 0.15) is 16.8 Å². The zero-order chi connectivity index (χ0) is 11.4. The molecule has 0 aliphatic carbocycles. The molecule has 4 heteroatoms. The molecule has 0 bridgehead atoms. The van der Waals surface area contributed by atoms with Gasteiger partial charge in [-0.2, -0.15) is 0 Å². The molecule has 0 radical (unpaired) electrons. The van der Waals surface area contributed by atoms with Gasteiger partial charge in [-0.25, -0.2) is 0 Å². The van der Waals surface area contributed by atoms with Crippen LogP contribution in [0.2, 0.25) is 0 Å². The second-order valence-corrected chi connectivity index (χ2v) is 4.47. The summed E-state index contributed by atoms with van der Waals surface area (Å²) in [4.78, 5) is 14.0. The molecule has 0 unspecified atom stereocenters. The van der Waals surface area contributed by atoms with Crippen LogP contribution in [-0.4, -0.2) is 35.8 Å². The summed E-state index contributed by atoms with van der Waals surface area (Å²) < 4.78 is 5.55. The van der Waals surface area contributed by atoms with Crippen LogP contribution in [0.5, 0.6) is 5.75 Å². The molecule has 1 amide bonds. The molecule has 0 spiro atoms. The van der Waals surface area contributed by atoms with Gasteiger partial charge in [0, 0.05) is 11.9 Å². The van der Waals surface area contributed by atoms with E-state index >= 15 is 0 Å². The number of fused-ring (bicyclic) bond motifs is 1. The normalized spacial score (nSPS) is 15.3. The zero-order valence-corrected chi connectivity index (χ0v) is 10.6. The fourth-order valence-electron chi connectivity index (χ4n) is 1.77. The van der Waals surface area contributed by atoms with Gasteiger partial charge in [-0.15, -0.1) is 0 Å². The molecule has 0 aromatic heterocycles. The first-order chi connectivity index (χ1) is 7.83. The van der Waals surface area contributed by atoms with Gasteiger partial charge >= 0.3 is 0 Å². The van der Waals surface area contributed by atoms with Gasteiger partial charge in [0.1, 0.15) is 12.4 Å². The Morgan fingerprint density at radius 1 is 1.38 bits per heavy atom. The summed E-state index contributed by atoms with van der Waals surface area (Å²) >= 11 is 3.38. The molecule has 2 rings (SSSR count). The van der Waals surface area contributed by atoms with Crippen molar-refractivity contribution in [3.05, 3.63) is 29.8 Å². The quantitative estimate of drug-likeness (QED) is 0.797. The number of para-hydroxylation sites is 1. The Labute approximate surface area is 104 Å². The largest absolute Gasteiger partial charge is 0.491 e. The first-order valence-electron chi connectivity index (χ1n) is 5.40. The third-order valence-electron chi connectivity index (χ3n) is 2.59.